The lowest BCUT2D eigenvalue weighted by atomic mass is 9.86. The molecule has 3 aliphatic rings. The summed E-state index contributed by atoms with van der Waals surface area (Å²) in [7, 11) is 0. The highest BCUT2D eigenvalue weighted by molar-refractivity contribution is 8.00. The van der Waals surface area contributed by atoms with Gasteiger partial charge in [0.2, 0.25) is 5.91 Å². The number of ketones is 1. The quantitative estimate of drug-likeness (QED) is 0.549. The number of nitrogens with zero attached hydrogens (tertiary/aromatic N) is 2. The predicted octanol–water partition coefficient (Wildman–Crippen LogP) is 5.74. The van der Waals surface area contributed by atoms with Crippen molar-refractivity contribution in [1.29, 1.82) is 0 Å². The summed E-state index contributed by atoms with van der Waals surface area (Å²) in [5.41, 5.74) is 2.45. The second-order valence-corrected chi connectivity index (χ2v) is 10.8. The molecule has 1 aromatic heterocycles. The normalized spacial score (nSPS) is 21.8. The van der Waals surface area contributed by atoms with E-state index >= 15 is 0 Å². The van der Waals surface area contributed by atoms with Gasteiger partial charge in [0, 0.05) is 23.0 Å². The first-order chi connectivity index (χ1) is 15.0. The van der Waals surface area contributed by atoms with Gasteiger partial charge in [-0.05, 0) is 67.6 Å². The van der Waals surface area contributed by atoms with E-state index in [1.165, 1.54) is 48.5 Å². The van der Waals surface area contributed by atoms with E-state index in [2.05, 4.69) is 33.5 Å². The lowest BCUT2D eigenvalue weighted by molar-refractivity contribution is -0.119. The van der Waals surface area contributed by atoms with Crippen molar-refractivity contribution in [3.8, 4) is 0 Å². The van der Waals surface area contributed by atoms with E-state index < -0.39 is 0 Å². The first-order valence-corrected chi connectivity index (χ1v) is 12.4. The number of amides is 1. The molecule has 0 unspecified atom stereocenters. The smallest absolute Gasteiger partial charge is 0.233 e. The van der Waals surface area contributed by atoms with Crippen LogP contribution in [0.25, 0.3) is 0 Å². The molecule has 0 bridgehead atoms. The van der Waals surface area contributed by atoms with E-state index in [9.17, 15) is 9.59 Å². The summed E-state index contributed by atoms with van der Waals surface area (Å²) in [6.07, 6.45) is 10.7. The molecule has 3 aliphatic carbocycles. The summed E-state index contributed by atoms with van der Waals surface area (Å²) in [4.78, 5) is 34.7. The maximum Gasteiger partial charge on any atom is 0.233 e. The van der Waals surface area contributed by atoms with Gasteiger partial charge in [0.05, 0.1) is 18.3 Å². The number of benzene rings is 1. The van der Waals surface area contributed by atoms with Crippen LogP contribution in [-0.2, 0) is 9.59 Å². The standard InChI is InChI=1S/C24H26ClN3O2S/c25-22-12-27-23(13-26-22)28-24(30)20(10-14-1-5-17(29)9-14)16-4-8-21(31-18-6-7-18)19(11-16)15-2-3-15/h4,8,11-15,18,20H,1-3,5-7,9-10H2,(H,27,28,30)/t14-,20+/m0/s1. The molecule has 2 aromatic rings. The van der Waals surface area contributed by atoms with Crippen molar-refractivity contribution < 1.29 is 9.59 Å². The number of rotatable bonds is 8. The number of carbonyl (C=O) groups is 2. The Labute approximate surface area is 191 Å². The van der Waals surface area contributed by atoms with Crippen molar-refractivity contribution in [2.45, 2.75) is 73.3 Å². The van der Waals surface area contributed by atoms with E-state index in [1.807, 2.05) is 11.8 Å². The second-order valence-electron chi connectivity index (χ2n) is 9.04. The highest BCUT2D eigenvalue weighted by atomic mass is 35.5. The Morgan fingerprint density at radius 2 is 2.00 bits per heavy atom. The molecule has 3 saturated carbocycles. The molecule has 0 spiro atoms. The number of nitrogens with one attached hydrogen (secondary N) is 1. The van der Waals surface area contributed by atoms with Crippen LogP contribution in [0.1, 0.15) is 74.3 Å². The van der Waals surface area contributed by atoms with E-state index in [0.29, 0.717) is 36.8 Å². The van der Waals surface area contributed by atoms with Gasteiger partial charge >= 0.3 is 0 Å². The van der Waals surface area contributed by atoms with E-state index in [0.717, 1.165) is 17.2 Å². The van der Waals surface area contributed by atoms with Crippen LogP contribution in [0.4, 0.5) is 5.82 Å². The van der Waals surface area contributed by atoms with Crippen LogP contribution in [0.15, 0.2) is 35.5 Å². The molecule has 0 radical (unpaired) electrons. The third-order valence-corrected chi connectivity index (χ3v) is 8.00. The molecule has 1 heterocycles. The van der Waals surface area contributed by atoms with E-state index in [4.69, 9.17) is 11.6 Å². The Hall–Kier alpha value is -1.92. The lowest BCUT2D eigenvalue weighted by Crippen LogP contribution is -2.24. The van der Waals surface area contributed by atoms with Gasteiger partial charge in [0.15, 0.2) is 5.82 Å². The van der Waals surface area contributed by atoms with Crippen LogP contribution < -0.4 is 5.32 Å². The molecule has 7 heteroatoms. The van der Waals surface area contributed by atoms with Gasteiger partial charge in [-0.3, -0.25) is 9.59 Å². The van der Waals surface area contributed by atoms with E-state index in [-0.39, 0.29) is 22.9 Å². The van der Waals surface area contributed by atoms with Crippen molar-refractivity contribution in [3.63, 3.8) is 0 Å². The Kier molecular flexibility index (Phi) is 6.02. The highest BCUT2D eigenvalue weighted by Gasteiger charge is 2.33. The summed E-state index contributed by atoms with van der Waals surface area (Å²) in [5.74, 6) is 1.17. The maximum absolute atomic E-state index is 13.3. The molecule has 0 aliphatic heterocycles. The molecular formula is C24H26ClN3O2S. The predicted molar refractivity (Wildman–Crippen MR) is 123 cm³/mol. The monoisotopic (exact) mass is 455 g/mol. The summed E-state index contributed by atoms with van der Waals surface area (Å²) < 4.78 is 0. The Bertz CT molecular complexity index is 989. The Morgan fingerprint density at radius 3 is 2.65 bits per heavy atom. The topological polar surface area (TPSA) is 72.0 Å². The van der Waals surface area contributed by atoms with Gasteiger partial charge in [0.25, 0.3) is 0 Å². The van der Waals surface area contributed by atoms with E-state index in [1.54, 1.807) is 0 Å². The Morgan fingerprint density at radius 1 is 1.16 bits per heavy atom. The molecule has 0 saturated heterocycles. The first kappa shape index (κ1) is 21.0. The number of aromatic nitrogens is 2. The van der Waals surface area contributed by atoms with Gasteiger partial charge in [-0.15, -0.1) is 11.8 Å². The number of carbonyl (C=O) groups excluding carboxylic acids is 2. The number of halogens is 1. The molecular weight excluding hydrogens is 430 g/mol. The summed E-state index contributed by atoms with van der Waals surface area (Å²) >= 11 is 7.82. The number of hydrogen-bond donors (Lipinski definition) is 1. The second kappa shape index (κ2) is 8.91. The third-order valence-electron chi connectivity index (χ3n) is 6.38. The maximum atomic E-state index is 13.3. The first-order valence-electron chi connectivity index (χ1n) is 11.2. The fourth-order valence-electron chi connectivity index (χ4n) is 4.38. The minimum absolute atomic E-state index is 0.0969. The van der Waals surface area contributed by atoms with Crippen molar-refractivity contribution in [1.82, 2.24) is 9.97 Å². The van der Waals surface area contributed by atoms with Crippen LogP contribution in [-0.4, -0.2) is 26.9 Å². The van der Waals surface area contributed by atoms with Crippen LogP contribution in [0.3, 0.4) is 0 Å². The molecule has 1 amide bonds. The zero-order chi connectivity index (χ0) is 21.4. The van der Waals surface area contributed by atoms with Gasteiger partial charge < -0.3 is 5.32 Å². The molecule has 3 fully saturated rings. The molecule has 5 rings (SSSR count). The van der Waals surface area contributed by atoms with Crippen molar-refractivity contribution in [2.75, 3.05) is 5.32 Å². The molecule has 2 atom stereocenters. The van der Waals surface area contributed by atoms with Gasteiger partial charge in [-0.25, -0.2) is 9.97 Å². The van der Waals surface area contributed by atoms with Gasteiger partial charge in [-0.2, -0.15) is 0 Å². The largest absolute Gasteiger partial charge is 0.309 e. The summed E-state index contributed by atoms with van der Waals surface area (Å²) in [6, 6.07) is 6.59. The van der Waals surface area contributed by atoms with Crippen molar-refractivity contribution in [2.24, 2.45) is 5.92 Å². The van der Waals surface area contributed by atoms with Gasteiger partial charge in [-0.1, -0.05) is 23.7 Å². The molecule has 1 aromatic carbocycles. The average Bonchev–Trinajstić information content (AvgIpc) is 3.68. The van der Waals surface area contributed by atoms with Crippen molar-refractivity contribution >= 4 is 40.9 Å². The number of Topliss-reactive ketones (excluding diaryl/α,β-unsaturated/α-hetero) is 1. The number of anilines is 1. The minimum Gasteiger partial charge on any atom is -0.309 e. The number of hydrogen-bond acceptors (Lipinski definition) is 5. The fourth-order valence-corrected chi connectivity index (χ4v) is 5.72. The highest BCUT2D eigenvalue weighted by Crippen LogP contribution is 2.49. The lowest BCUT2D eigenvalue weighted by Gasteiger charge is -2.22. The van der Waals surface area contributed by atoms with Crippen LogP contribution in [0.5, 0.6) is 0 Å². The van der Waals surface area contributed by atoms with Crippen LogP contribution in [0, 0.1) is 5.92 Å². The zero-order valence-electron chi connectivity index (χ0n) is 17.4. The zero-order valence-corrected chi connectivity index (χ0v) is 18.9. The molecule has 1 N–H and O–H groups in total. The summed E-state index contributed by atoms with van der Waals surface area (Å²) in [5, 5.41) is 3.96. The fraction of sp³-hybridized carbons (Fsp3) is 0.500. The molecule has 162 valence electrons. The third kappa shape index (κ3) is 5.29. The molecule has 31 heavy (non-hydrogen) atoms. The Balaban J connectivity index is 1.41. The minimum atomic E-state index is -0.314. The van der Waals surface area contributed by atoms with Crippen LogP contribution >= 0.6 is 23.4 Å². The molecule has 5 nitrogen and oxygen atoms in total. The van der Waals surface area contributed by atoms with Crippen molar-refractivity contribution in [3.05, 3.63) is 46.9 Å². The SMILES string of the molecule is O=C1CC[C@H](C[C@@H](C(=O)Nc2cnc(Cl)cn2)c2ccc(SC3CC3)c(C3CC3)c2)C1. The summed E-state index contributed by atoms with van der Waals surface area (Å²) in [6.45, 7) is 0. The van der Waals surface area contributed by atoms with Crippen LogP contribution in [0.2, 0.25) is 5.15 Å². The number of thioether (sulfide) groups is 1. The average molecular weight is 456 g/mol. The van der Waals surface area contributed by atoms with Gasteiger partial charge in [0.1, 0.15) is 10.9 Å².